The van der Waals surface area contributed by atoms with E-state index in [-0.39, 0.29) is 5.54 Å². The lowest BCUT2D eigenvalue weighted by Crippen LogP contribution is -2.37. The summed E-state index contributed by atoms with van der Waals surface area (Å²) in [6, 6.07) is 0. The SMILES string of the molecule is CC(C)(C)NCCCNCC1C2CCCC21. The maximum absolute atomic E-state index is 3.62. The quantitative estimate of drug-likeness (QED) is 0.677. The van der Waals surface area contributed by atoms with Crippen LogP contribution in [-0.4, -0.2) is 25.2 Å². The van der Waals surface area contributed by atoms with Crippen LogP contribution in [0.3, 0.4) is 0 Å². The zero-order chi connectivity index (χ0) is 11.6. The number of rotatable bonds is 6. The van der Waals surface area contributed by atoms with Crippen LogP contribution in [0.4, 0.5) is 0 Å². The van der Waals surface area contributed by atoms with Gasteiger partial charge >= 0.3 is 0 Å². The summed E-state index contributed by atoms with van der Waals surface area (Å²) in [6.07, 6.45) is 5.78. The molecule has 2 aliphatic carbocycles. The van der Waals surface area contributed by atoms with Crippen LogP contribution in [0.2, 0.25) is 0 Å². The van der Waals surface area contributed by atoms with Crippen molar-refractivity contribution >= 4 is 0 Å². The van der Waals surface area contributed by atoms with Crippen molar-refractivity contribution in [3.63, 3.8) is 0 Å². The van der Waals surface area contributed by atoms with Gasteiger partial charge in [0.15, 0.2) is 0 Å². The van der Waals surface area contributed by atoms with E-state index in [1.807, 2.05) is 0 Å². The summed E-state index contributed by atoms with van der Waals surface area (Å²) >= 11 is 0. The van der Waals surface area contributed by atoms with Gasteiger partial charge in [0.05, 0.1) is 0 Å². The van der Waals surface area contributed by atoms with E-state index in [1.165, 1.54) is 38.8 Å². The van der Waals surface area contributed by atoms with Crippen LogP contribution in [0.5, 0.6) is 0 Å². The maximum atomic E-state index is 3.62. The van der Waals surface area contributed by atoms with Gasteiger partial charge in [0, 0.05) is 5.54 Å². The molecule has 0 aromatic carbocycles. The summed E-state index contributed by atoms with van der Waals surface area (Å²) in [4.78, 5) is 0. The Morgan fingerprint density at radius 2 is 1.75 bits per heavy atom. The standard InChI is InChI=1S/C14H28N2/c1-14(2,3)16-9-5-8-15-10-13-11-6-4-7-12(11)13/h11-13,15-16H,4-10H2,1-3H3. The molecule has 0 spiro atoms. The third-order valence-electron chi connectivity index (χ3n) is 4.15. The van der Waals surface area contributed by atoms with Crippen molar-refractivity contribution in [2.75, 3.05) is 19.6 Å². The highest BCUT2D eigenvalue weighted by atomic mass is 15.0. The summed E-state index contributed by atoms with van der Waals surface area (Å²) < 4.78 is 0. The van der Waals surface area contributed by atoms with Gasteiger partial charge in [-0.3, -0.25) is 0 Å². The molecule has 2 atom stereocenters. The number of nitrogens with one attached hydrogen (secondary N) is 2. The Morgan fingerprint density at radius 3 is 2.38 bits per heavy atom. The summed E-state index contributed by atoms with van der Waals surface area (Å²) in [5.41, 5.74) is 0.271. The molecule has 2 nitrogen and oxygen atoms in total. The van der Waals surface area contributed by atoms with Gasteiger partial charge in [-0.1, -0.05) is 6.42 Å². The van der Waals surface area contributed by atoms with Crippen molar-refractivity contribution in [3.8, 4) is 0 Å². The molecule has 2 rings (SSSR count). The summed E-state index contributed by atoms with van der Waals surface area (Å²) in [6.45, 7) is 10.3. The number of hydrogen-bond donors (Lipinski definition) is 2. The number of fused-ring (bicyclic) bond motifs is 1. The Morgan fingerprint density at radius 1 is 1.06 bits per heavy atom. The molecule has 2 fully saturated rings. The molecule has 0 saturated heterocycles. The summed E-state index contributed by atoms with van der Waals surface area (Å²) in [5.74, 6) is 3.27. The first-order valence-corrected chi connectivity index (χ1v) is 7.04. The third kappa shape index (κ3) is 3.46. The van der Waals surface area contributed by atoms with Gasteiger partial charge in [0.25, 0.3) is 0 Å². The molecule has 0 heterocycles. The highest BCUT2D eigenvalue weighted by Gasteiger charge is 2.51. The zero-order valence-corrected chi connectivity index (χ0v) is 11.2. The first-order chi connectivity index (χ1) is 7.58. The Kier molecular flexibility index (Phi) is 3.91. The van der Waals surface area contributed by atoms with Crippen molar-refractivity contribution in [1.29, 1.82) is 0 Å². The van der Waals surface area contributed by atoms with E-state index < -0.39 is 0 Å². The van der Waals surface area contributed by atoms with E-state index >= 15 is 0 Å². The Hall–Kier alpha value is -0.0800. The monoisotopic (exact) mass is 224 g/mol. The van der Waals surface area contributed by atoms with Gasteiger partial charge in [0.1, 0.15) is 0 Å². The van der Waals surface area contributed by atoms with Crippen molar-refractivity contribution in [1.82, 2.24) is 10.6 Å². The van der Waals surface area contributed by atoms with Crippen LogP contribution in [0.15, 0.2) is 0 Å². The zero-order valence-electron chi connectivity index (χ0n) is 11.2. The lowest BCUT2D eigenvalue weighted by Gasteiger charge is -2.20. The predicted octanol–water partition coefficient (Wildman–Crippen LogP) is 2.40. The molecule has 2 unspecified atom stereocenters. The Labute approximate surface area is 101 Å². The van der Waals surface area contributed by atoms with E-state index in [1.54, 1.807) is 0 Å². The molecule has 2 saturated carbocycles. The van der Waals surface area contributed by atoms with Crippen molar-refractivity contribution in [2.45, 2.75) is 52.0 Å². The van der Waals surface area contributed by atoms with E-state index in [0.29, 0.717) is 0 Å². The molecule has 0 aliphatic heterocycles. The van der Waals surface area contributed by atoms with Crippen LogP contribution in [-0.2, 0) is 0 Å². The second kappa shape index (κ2) is 5.05. The first-order valence-electron chi connectivity index (χ1n) is 7.04. The van der Waals surface area contributed by atoms with Gasteiger partial charge in [-0.15, -0.1) is 0 Å². The third-order valence-corrected chi connectivity index (χ3v) is 4.15. The molecule has 0 aromatic rings. The average molecular weight is 224 g/mol. The lowest BCUT2D eigenvalue weighted by atomic mass is 10.1. The Balaban J connectivity index is 1.42. The minimum Gasteiger partial charge on any atom is -0.316 e. The van der Waals surface area contributed by atoms with Gasteiger partial charge in [-0.05, 0) is 77.4 Å². The molecular weight excluding hydrogens is 196 g/mol. The van der Waals surface area contributed by atoms with Crippen LogP contribution < -0.4 is 10.6 Å². The second-order valence-corrected chi connectivity index (χ2v) is 6.66. The highest BCUT2D eigenvalue weighted by Crippen LogP contribution is 2.56. The normalized spacial score (nSPS) is 32.8. The van der Waals surface area contributed by atoms with Gasteiger partial charge in [-0.25, -0.2) is 0 Å². The van der Waals surface area contributed by atoms with Gasteiger partial charge in [-0.2, -0.15) is 0 Å². The van der Waals surface area contributed by atoms with E-state index in [2.05, 4.69) is 31.4 Å². The Bertz CT molecular complexity index is 209. The van der Waals surface area contributed by atoms with Crippen LogP contribution >= 0.6 is 0 Å². The molecule has 2 aliphatic rings. The summed E-state index contributed by atoms with van der Waals surface area (Å²) in [7, 11) is 0. The van der Waals surface area contributed by atoms with Crippen molar-refractivity contribution in [3.05, 3.63) is 0 Å². The second-order valence-electron chi connectivity index (χ2n) is 6.66. The molecule has 94 valence electrons. The first kappa shape index (κ1) is 12.4. The predicted molar refractivity (Wildman–Crippen MR) is 69.6 cm³/mol. The minimum atomic E-state index is 0.271. The van der Waals surface area contributed by atoms with Crippen molar-refractivity contribution in [2.24, 2.45) is 17.8 Å². The van der Waals surface area contributed by atoms with Gasteiger partial charge < -0.3 is 10.6 Å². The highest BCUT2D eigenvalue weighted by molar-refractivity contribution is 5.01. The molecule has 16 heavy (non-hydrogen) atoms. The summed E-state index contributed by atoms with van der Waals surface area (Å²) in [5, 5.41) is 7.15. The topological polar surface area (TPSA) is 24.1 Å². The fourth-order valence-electron chi connectivity index (χ4n) is 3.22. The van der Waals surface area contributed by atoms with Gasteiger partial charge in [0.2, 0.25) is 0 Å². The van der Waals surface area contributed by atoms with Crippen LogP contribution in [0.25, 0.3) is 0 Å². The van der Waals surface area contributed by atoms with Crippen LogP contribution in [0, 0.1) is 17.8 Å². The molecule has 0 radical (unpaired) electrons. The molecular formula is C14H28N2. The average Bonchev–Trinajstić information content (AvgIpc) is 2.65. The molecule has 0 bridgehead atoms. The fraction of sp³-hybridized carbons (Fsp3) is 1.00. The maximum Gasteiger partial charge on any atom is 0.00965 e. The van der Waals surface area contributed by atoms with E-state index in [9.17, 15) is 0 Å². The van der Waals surface area contributed by atoms with E-state index in [4.69, 9.17) is 0 Å². The molecule has 2 heteroatoms. The van der Waals surface area contributed by atoms with Crippen LogP contribution in [0.1, 0.15) is 46.5 Å². The van der Waals surface area contributed by atoms with E-state index in [0.717, 1.165) is 24.3 Å². The molecule has 0 amide bonds. The molecule has 0 aromatic heterocycles. The lowest BCUT2D eigenvalue weighted by molar-refractivity contribution is 0.416. The van der Waals surface area contributed by atoms with Crippen molar-refractivity contribution < 1.29 is 0 Å². The largest absolute Gasteiger partial charge is 0.316 e. The molecule has 2 N–H and O–H groups in total. The smallest absolute Gasteiger partial charge is 0.00965 e. The number of hydrogen-bond acceptors (Lipinski definition) is 2. The fourth-order valence-corrected chi connectivity index (χ4v) is 3.22. The minimum absolute atomic E-state index is 0.271.